The summed E-state index contributed by atoms with van der Waals surface area (Å²) in [5.74, 6) is 0. The second-order valence-electron chi connectivity index (χ2n) is 5.41. The summed E-state index contributed by atoms with van der Waals surface area (Å²) in [6, 6.07) is 5.60. The van der Waals surface area contributed by atoms with Crippen molar-refractivity contribution < 1.29 is 10.2 Å². The molecule has 1 fully saturated rings. The van der Waals surface area contributed by atoms with Crippen LogP contribution in [-0.2, 0) is 0 Å². The van der Waals surface area contributed by atoms with E-state index in [1.807, 2.05) is 19.1 Å². The van der Waals surface area contributed by atoms with Crippen LogP contribution in [0.2, 0.25) is 5.02 Å². The molecule has 1 saturated heterocycles. The zero-order chi connectivity index (χ0) is 13.3. The summed E-state index contributed by atoms with van der Waals surface area (Å²) in [5.41, 5.74) is 1.10. The number of rotatable bonds is 2. The summed E-state index contributed by atoms with van der Waals surface area (Å²) in [7, 11) is 0. The predicted octanol–water partition coefficient (Wildman–Crippen LogP) is 2.74. The molecule has 2 atom stereocenters. The zero-order valence-electron chi connectivity index (χ0n) is 10.9. The van der Waals surface area contributed by atoms with Crippen molar-refractivity contribution in [1.29, 1.82) is 0 Å². The van der Waals surface area contributed by atoms with Gasteiger partial charge in [-0.3, -0.25) is 0 Å². The third-order valence-corrected chi connectivity index (χ3v) is 3.77. The lowest BCUT2D eigenvalue weighted by Crippen LogP contribution is -2.46. The first-order chi connectivity index (χ1) is 8.39. The number of piperidine rings is 1. The number of aliphatic hydroxyl groups excluding tert-OH is 1. The van der Waals surface area contributed by atoms with Crippen LogP contribution in [0.25, 0.3) is 0 Å². The first kappa shape index (κ1) is 13.7. The van der Waals surface area contributed by atoms with Gasteiger partial charge in [0.2, 0.25) is 0 Å². The maximum atomic E-state index is 10.1. The molecule has 18 heavy (non-hydrogen) atoms. The summed E-state index contributed by atoms with van der Waals surface area (Å²) >= 11 is 6.27. The Morgan fingerprint density at radius 3 is 2.72 bits per heavy atom. The molecule has 2 N–H and O–H groups in total. The third-order valence-electron chi connectivity index (χ3n) is 3.47. The van der Waals surface area contributed by atoms with E-state index in [1.54, 1.807) is 13.0 Å². The van der Waals surface area contributed by atoms with Gasteiger partial charge in [-0.1, -0.05) is 17.7 Å². The van der Waals surface area contributed by atoms with Crippen molar-refractivity contribution in [2.24, 2.45) is 0 Å². The number of nitrogens with zero attached hydrogens (tertiary/aromatic N) is 1. The lowest BCUT2D eigenvalue weighted by molar-refractivity contribution is 0.0449. The molecule has 1 unspecified atom stereocenters. The molecular weight excluding hydrogens is 250 g/mol. The molecule has 0 aromatic heterocycles. The van der Waals surface area contributed by atoms with Crippen LogP contribution in [0.1, 0.15) is 38.4 Å². The summed E-state index contributed by atoms with van der Waals surface area (Å²) in [5, 5.41) is 20.3. The quantitative estimate of drug-likeness (QED) is 0.868. The Kier molecular flexibility index (Phi) is 3.85. The molecule has 3 nitrogen and oxygen atoms in total. The van der Waals surface area contributed by atoms with Gasteiger partial charge in [0.05, 0.1) is 22.4 Å². The Balaban J connectivity index is 2.23. The minimum atomic E-state index is -0.648. The van der Waals surface area contributed by atoms with Crippen molar-refractivity contribution in [2.75, 3.05) is 18.0 Å². The highest BCUT2D eigenvalue weighted by Gasteiger charge is 2.29. The summed E-state index contributed by atoms with van der Waals surface area (Å²) < 4.78 is 0. The fraction of sp³-hybridized carbons (Fsp3) is 0.571. The molecule has 100 valence electrons. The van der Waals surface area contributed by atoms with Gasteiger partial charge in [-0.05, 0) is 44.4 Å². The third kappa shape index (κ3) is 2.97. The molecule has 4 heteroatoms. The molecular formula is C14H20ClNO2. The van der Waals surface area contributed by atoms with Gasteiger partial charge in [-0.25, -0.2) is 0 Å². The van der Waals surface area contributed by atoms with E-state index in [2.05, 4.69) is 4.90 Å². The SMILES string of the molecule is C[C@H](O)c1ccc(N2CCCC(C)(O)C2)c(Cl)c1. The van der Waals surface area contributed by atoms with Crippen LogP contribution in [-0.4, -0.2) is 28.9 Å². The highest BCUT2D eigenvalue weighted by atomic mass is 35.5. The van der Waals surface area contributed by atoms with Crippen molar-refractivity contribution in [3.05, 3.63) is 28.8 Å². The van der Waals surface area contributed by atoms with E-state index in [9.17, 15) is 10.2 Å². The van der Waals surface area contributed by atoms with Gasteiger partial charge >= 0.3 is 0 Å². The first-order valence-electron chi connectivity index (χ1n) is 6.34. The van der Waals surface area contributed by atoms with Gasteiger partial charge in [-0.15, -0.1) is 0 Å². The Morgan fingerprint density at radius 1 is 1.44 bits per heavy atom. The van der Waals surface area contributed by atoms with E-state index in [0.717, 1.165) is 30.6 Å². The van der Waals surface area contributed by atoms with Gasteiger partial charge in [0.15, 0.2) is 0 Å². The lowest BCUT2D eigenvalue weighted by Gasteiger charge is -2.38. The lowest BCUT2D eigenvalue weighted by atomic mass is 9.94. The van der Waals surface area contributed by atoms with Gasteiger partial charge in [0, 0.05) is 13.1 Å². The normalized spacial score (nSPS) is 26.2. The highest BCUT2D eigenvalue weighted by molar-refractivity contribution is 6.33. The highest BCUT2D eigenvalue weighted by Crippen LogP contribution is 2.32. The average Bonchev–Trinajstić information content (AvgIpc) is 2.27. The number of hydrogen-bond acceptors (Lipinski definition) is 3. The largest absolute Gasteiger partial charge is 0.389 e. The second-order valence-corrected chi connectivity index (χ2v) is 5.82. The minimum absolute atomic E-state index is 0.513. The predicted molar refractivity (Wildman–Crippen MR) is 74.2 cm³/mol. The number of aliphatic hydroxyl groups is 2. The molecule has 1 aromatic rings. The number of hydrogen-bond donors (Lipinski definition) is 2. The fourth-order valence-electron chi connectivity index (χ4n) is 2.47. The van der Waals surface area contributed by atoms with Crippen LogP contribution in [0.15, 0.2) is 18.2 Å². The Labute approximate surface area is 113 Å². The summed E-state index contributed by atoms with van der Waals surface area (Å²) in [4.78, 5) is 2.11. The first-order valence-corrected chi connectivity index (χ1v) is 6.72. The Hall–Kier alpha value is -0.770. The van der Waals surface area contributed by atoms with Crippen molar-refractivity contribution in [3.8, 4) is 0 Å². The van der Waals surface area contributed by atoms with Gasteiger partial charge in [0.1, 0.15) is 0 Å². The zero-order valence-corrected chi connectivity index (χ0v) is 11.6. The van der Waals surface area contributed by atoms with Crippen LogP contribution in [0, 0.1) is 0 Å². The molecule has 0 radical (unpaired) electrons. The van der Waals surface area contributed by atoms with Crippen LogP contribution in [0.3, 0.4) is 0 Å². The van der Waals surface area contributed by atoms with Crippen LogP contribution >= 0.6 is 11.6 Å². The number of benzene rings is 1. The molecule has 1 aliphatic heterocycles. The molecule has 0 aliphatic carbocycles. The van der Waals surface area contributed by atoms with Crippen LogP contribution in [0.4, 0.5) is 5.69 Å². The van der Waals surface area contributed by atoms with E-state index < -0.39 is 11.7 Å². The van der Waals surface area contributed by atoms with E-state index in [4.69, 9.17) is 11.6 Å². The monoisotopic (exact) mass is 269 g/mol. The van der Waals surface area contributed by atoms with Crippen molar-refractivity contribution in [1.82, 2.24) is 0 Å². The Bertz CT molecular complexity index is 432. The molecule has 0 amide bonds. The van der Waals surface area contributed by atoms with Crippen molar-refractivity contribution >= 4 is 17.3 Å². The number of anilines is 1. The topological polar surface area (TPSA) is 43.7 Å². The van der Waals surface area contributed by atoms with Gasteiger partial charge < -0.3 is 15.1 Å². The van der Waals surface area contributed by atoms with Gasteiger partial charge in [0.25, 0.3) is 0 Å². The maximum Gasteiger partial charge on any atom is 0.0794 e. The van der Waals surface area contributed by atoms with E-state index in [-0.39, 0.29) is 0 Å². The smallest absolute Gasteiger partial charge is 0.0794 e. The number of β-amino-alcohol motifs (C(OH)–C–C–N with tert-alkyl or cyclic N) is 1. The second kappa shape index (κ2) is 5.08. The molecule has 1 aromatic carbocycles. The van der Waals surface area contributed by atoms with E-state index >= 15 is 0 Å². The van der Waals surface area contributed by atoms with Crippen LogP contribution in [0.5, 0.6) is 0 Å². The van der Waals surface area contributed by atoms with Crippen molar-refractivity contribution in [3.63, 3.8) is 0 Å². The maximum absolute atomic E-state index is 10.1. The molecule has 1 heterocycles. The fourth-order valence-corrected chi connectivity index (χ4v) is 2.77. The molecule has 0 spiro atoms. The molecule has 0 bridgehead atoms. The van der Waals surface area contributed by atoms with Crippen molar-refractivity contribution in [2.45, 2.75) is 38.4 Å². The standard InChI is InChI=1S/C14H20ClNO2/c1-10(17)11-4-5-13(12(15)8-11)16-7-3-6-14(2,18)9-16/h4-5,8,10,17-18H,3,6-7,9H2,1-2H3/t10-,14?/m0/s1. The minimum Gasteiger partial charge on any atom is -0.389 e. The van der Waals surface area contributed by atoms with Crippen LogP contribution < -0.4 is 4.90 Å². The molecule has 0 saturated carbocycles. The number of halogens is 1. The van der Waals surface area contributed by atoms with Gasteiger partial charge in [-0.2, -0.15) is 0 Å². The average molecular weight is 270 g/mol. The molecule has 1 aliphatic rings. The summed E-state index contributed by atoms with van der Waals surface area (Å²) in [6.45, 7) is 5.08. The Morgan fingerprint density at radius 2 is 2.17 bits per heavy atom. The van der Waals surface area contributed by atoms with E-state index in [1.165, 1.54) is 0 Å². The summed E-state index contributed by atoms with van der Waals surface area (Å²) in [6.07, 6.45) is 1.27. The van der Waals surface area contributed by atoms with E-state index in [0.29, 0.717) is 11.6 Å². The molecule has 2 rings (SSSR count).